The summed E-state index contributed by atoms with van der Waals surface area (Å²) in [7, 11) is -1.50. The van der Waals surface area contributed by atoms with Crippen LogP contribution in [-0.2, 0) is 21.2 Å². The summed E-state index contributed by atoms with van der Waals surface area (Å²) in [5.74, 6) is 0. The SMILES string of the molecule is CN1CCCc2cc(C(CNS(=O)(=O)c3ccc(Cl)cc3)N3CCOCC3)ccc21. The number of anilines is 1. The van der Waals surface area contributed by atoms with Gasteiger partial charge in [-0.2, -0.15) is 0 Å². The molecule has 6 nitrogen and oxygen atoms in total. The van der Waals surface area contributed by atoms with Crippen molar-refractivity contribution in [3.8, 4) is 0 Å². The van der Waals surface area contributed by atoms with Gasteiger partial charge in [0, 0.05) is 50.0 Å². The third-order valence-electron chi connectivity index (χ3n) is 5.92. The molecule has 8 heteroatoms. The summed E-state index contributed by atoms with van der Waals surface area (Å²) in [6, 6.07) is 12.8. The summed E-state index contributed by atoms with van der Waals surface area (Å²) in [5.41, 5.74) is 3.75. The fourth-order valence-electron chi connectivity index (χ4n) is 4.25. The molecule has 2 aromatic rings. The summed E-state index contributed by atoms with van der Waals surface area (Å²) in [5, 5.41) is 0.513. The molecule has 0 radical (unpaired) electrons. The number of nitrogens with one attached hydrogen (secondary N) is 1. The van der Waals surface area contributed by atoms with Gasteiger partial charge in [0.05, 0.1) is 18.1 Å². The van der Waals surface area contributed by atoms with Gasteiger partial charge in [0.25, 0.3) is 0 Å². The van der Waals surface area contributed by atoms with Gasteiger partial charge in [0.1, 0.15) is 0 Å². The molecule has 1 atom stereocenters. The Morgan fingerprint density at radius 3 is 2.57 bits per heavy atom. The highest BCUT2D eigenvalue weighted by atomic mass is 35.5. The van der Waals surface area contributed by atoms with Crippen LogP contribution in [-0.4, -0.2) is 59.8 Å². The van der Waals surface area contributed by atoms with Crippen molar-refractivity contribution in [3.63, 3.8) is 0 Å². The van der Waals surface area contributed by atoms with E-state index in [1.165, 1.54) is 23.4 Å². The standard InChI is InChI=1S/C22H28ClN3O3S/c1-25-10-2-3-17-15-18(4-9-21(17)25)22(26-11-13-29-14-12-26)16-24-30(27,28)20-7-5-19(23)6-8-20/h4-9,15,22,24H,2-3,10-14,16H2,1H3. The molecule has 162 valence electrons. The number of ether oxygens (including phenoxy) is 1. The van der Waals surface area contributed by atoms with Crippen molar-refractivity contribution in [3.05, 3.63) is 58.6 Å². The second-order valence-corrected chi connectivity index (χ2v) is 10.1. The molecule has 0 bridgehead atoms. The van der Waals surface area contributed by atoms with Crippen molar-refractivity contribution in [1.29, 1.82) is 0 Å². The Morgan fingerprint density at radius 2 is 1.83 bits per heavy atom. The van der Waals surface area contributed by atoms with Crippen LogP contribution in [0.15, 0.2) is 47.4 Å². The lowest BCUT2D eigenvalue weighted by Crippen LogP contribution is -2.43. The van der Waals surface area contributed by atoms with Gasteiger partial charge in [-0.3, -0.25) is 4.90 Å². The van der Waals surface area contributed by atoms with Crippen LogP contribution >= 0.6 is 11.6 Å². The fourth-order valence-corrected chi connectivity index (χ4v) is 5.41. The van der Waals surface area contributed by atoms with E-state index in [2.05, 4.69) is 39.8 Å². The maximum Gasteiger partial charge on any atom is 0.240 e. The Labute approximate surface area is 183 Å². The lowest BCUT2D eigenvalue weighted by atomic mass is 9.96. The number of rotatable bonds is 6. The summed E-state index contributed by atoms with van der Waals surface area (Å²) in [6.45, 7) is 4.26. The van der Waals surface area contributed by atoms with Gasteiger partial charge in [-0.1, -0.05) is 23.7 Å². The van der Waals surface area contributed by atoms with Crippen LogP contribution in [0.1, 0.15) is 23.6 Å². The number of halogens is 1. The smallest absolute Gasteiger partial charge is 0.240 e. The summed E-state index contributed by atoms with van der Waals surface area (Å²) in [4.78, 5) is 4.82. The van der Waals surface area contributed by atoms with E-state index in [4.69, 9.17) is 16.3 Å². The van der Waals surface area contributed by atoms with Crippen LogP contribution < -0.4 is 9.62 Å². The quantitative estimate of drug-likeness (QED) is 0.734. The predicted molar refractivity (Wildman–Crippen MR) is 120 cm³/mol. The summed E-state index contributed by atoms with van der Waals surface area (Å²) >= 11 is 5.90. The molecule has 2 aliphatic heterocycles. The molecule has 1 unspecified atom stereocenters. The van der Waals surface area contributed by atoms with E-state index in [9.17, 15) is 8.42 Å². The number of benzene rings is 2. The van der Waals surface area contributed by atoms with Gasteiger partial charge < -0.3 is 9.64 Å². The topological polar surface area (TPSA) is 61.9 Å². The lowest BCUT2D eigenvalue weighted by Gasteiger charge is -2.36. The zero-order valence-electron chi connectivity index (χ0n) is 17.2. The van der Waals surface area contributed by atoms with Crippen LogP contribution in [0.2, 0.25) is 5.02 Å². The average molecular weight is 450 g/mol. The molecule has 0 spiro atoms. The van der Waals surface area contributed by atoms with E-state index >= 15 is 0 Å². The minimum absolute atomic E-state index is 0.0477. The van der Waals surface area contributed by atoms with E-state index in [-0.39, 0.29) is 10.9 Å². The van der Waals surface area contributed by atoms with E-state index in [1.807, 2.05) is 0 Å². The van der Waals surface area contributed by atoms with Gasteiger partial charge >= 0.3 is 0 Å². The third-order valence-corrected chi connectivity index (χ3v) is 7.61. The maximum atomic E-state index is 12.8. The molecular formula is C22H28ClN3O3S. The second-order valence-electron chi connectivity index (χ2n) is 7.88. The highest BCUT2D eigenvalue weighted by Gasteiger charge is 2.26. The Bertz CT molecular complexity index is 976. The van der Waals surface area contributed by atoms with Crippen molar-refractivity contribution in [2.24, 2.45) is 0 Å². The second kappa shape index (κ2) is 9.24. The molecule has 1 fully saturated rings. The highest BCUT2D eigenvalue weighted by molar-refractivity contribution is 7.89. The number of sulfonamides is 1. The van der Waals surface area contributed by atoms with Crippen molar-refractivity contribution in [2.75, 3.05) is 51.3 Å². The zero-order chi connectivity index (χ0) is 21.1. The van der Waals surface area contributed by atoms with Gasteiger partial charge in [-0.15, -0.1) is 0 Å². The highest BCUT2D eigenvalue weighted by Crippen LogP contribution is 2.31. The number of aryl methyl sites for hydroxylation is 1. The first kappa shape index (κ1) is 21.6. The van der Waals surface area contributed by atoms with Crippen LogP contribution in [0.4, 0.5) is 5.69 Å². The van der Waals surface area contributed by atoms with Gasteiger partial charge in [-0.05, 0) is 54.3 Å². The number of hydrogen-bond acceptors (Lipinski definition) is 5. The Kier molecular flexibility index (Phi) is 6.65. The van der Waals surface area contributed by atoms with Crippen LogP contribution in [0, 0.1) is 0 Å². The van der Waals surface area contributed by atoms with Gasteiger partial charge in [0.15, 0.2) is 0 Å². The first-order valence-corrected chi connectivity index (χ1v) is 12.2. The first-order valence-electron chi connectivity index (χ1n) is 10.3. The van der Waals surface area contributed by atoms with Gasteiger partial charge in [-0.25, -0.2) is 13.1 Å². The molecular weight excluding hydrogens is 422 g/mol. The van der Waals surface area contributed by atoms with Crippen molar-refractivity contribution >= 4 is 27.3 Å². The number of morpholine rings is 1. The predicted octanol–water partition coefficient (Wildman–Crippen LogP) is 3.07. The zero-order valence-corrected chi connectivity index (χ0v) is 18.8. The molecule has 2 aliphatic rings. The number of nitrogens with zero attached hydrogens (tertiary/aromatic N) is 2. The monoisotopic (exact) mass is 449 g/mol. The Hall–Kier alpha value is -1.64. The molecule has 0 saturated carbocycles. The van der Waals surface area contributed by atoms with Crippen molar-refractivity contribution < 1.29 is 13.2 Å². The van der Waals surface area contributed by atoms with Gasteiger partial charge in [0.2, 0.25) is 10.0 Å². The van der Waals surface area contributed by atoms with Crippen molar-refractivity contribution in [1.82, 2.24) is 9.62 Å². The minimum atomic E-state index is -3.62. The first-order chi connectivity index (χ1) is 14.4. The minimum Gasteiger partial charge on any atom is -0.379 e. The Morgan fingerprint density at radius 1 is 1.10 bits per heavy atom. The molecule has 30 heavy (non-hydrogen) atoms. The summed E-state index contributed by atoms with van der Waals surface area (Å²) < 4.78 is 34.0. The maximum absolute atomic E-state index is 12.8. The molecule has 2 heterocycles. The largest absolute Gasteiger partial charge is 0.379 e. The number of fused-ring (bicyclic) bond motifs is 1. The van der Waals surface area contributed by atoms with Crippen LogP contribution in [0.25, 0.3) is 0 Å². The lowest BCUT2D eigenvalue weighted by molar-refractivity contribution is 0.0172. The normalized spacial score (nSPS) is 18.8. The average Bonchev–Trinajstić information content (AvgIpc) is 2.75. The molecule has 1 N–H and O–H groups in total. The van der Waals surface area contributed by atoms with E-state index in [0.717, 1.165) is 38.0 Å². The van der Waals surface area contributed by atoms with E-state index in [0.29, 0.717) is 24.8 Å². The van der Waals surface area contributed by atoms with Crippen molar-refractivity contribution in [2.45, 2.75) is 23.8 Å². The molecule has 0 aliphatic carbocycles. The van der Waals surface area contributed by atoms with Crippen LogP contribution in [0.5, 0.6) is 0 Å². The molecule has 0 aromatic heterocycles. The van der Waals surface area contributed by atoms with Crippen LogP contribution in [0.3, 0.4) is 0 Å². The molecule has 0 amide bonds. The van der Waals surface area contributed by atoms with E-state index in [1.54, 1.807) is 12.1 Å². The summed E-state index contributed by atoms with van der Waals surface area (Å²) in [6.07, 6.45) is 2.19. The van der Waals surface area contributed by atoms with E-state index < -0.39 is 10.0 Å². The molecule has 1 saturated heterocycles. The third kappa shape index (κ3) is 4.81. The number of hydrogen-bond donors (Lipinski definition) is 1. The fraction of sp³-hybridized carbons (Fsp3) is 0.455. The molecule has 2 aromatic carbocycles. The molecule has 4 rings (SSSR count). The Balaban J connectivity index is 1.58.